The number of benzene rings is 2. The lowest BCUT2D eigenvalue weighted by Gasteiger charge is -2.26. The molecule has 3 rings (SSSR count). The van der Waals surface area contributed by atoms with Crippen LogP contribution >= 0.6 is 0 Å². The maximum Gasteiger partial charge on any atom is 0.337 e. The molecule has 0 spiro atoms. The van der Waals surface area contributed by atoms with Crippen molar-refractivity contribution in [3.8, 4) is 11.5 Å². The Balaban J connectivity index is 2.15. The normalized spacial score (nSPS) is 17.5. The van der Waals surface area contributed by atoms with Crippen LogP contribution in [0.1, 0.15) is 27.5 Å². The lowest BCUT2D eigenvalue weighted by atomic mass is 9.94. The molecular formula is C24H26N2O7. The van der Waals surface area contributed by atoms with E-state index in [1.807, 2.05) is 19.0 Å². The Hall–Kier alpha value is -3.85. The highest BCUT2D eigenvalue weighted by molar-refractivity contribution is 6.46. The molecule has 1 amide bonds. The predicted octanol–water partition coefficient (Wildman–Crippen LogP) is 2.17. The molecule has 2 N–H and O–H groups in total. The van der Waals surface area contributed by atoms with E-state index in [4.69, 9.17) is 9.47 Å². The highest BCUT2D eigenvalue weighted by Crippen LogP contribution is 2.41. The number of aliphatic hydroxyl groups excluding tert-OH is 1. The van der Waals surface area contributed by atoms with Crippen molar-refractivity contribution in [1.82, 2.24) is 9.80 Å². The first-order valence-electron chi connectivity index (χ1n) is 10.2. The third kappa shape index (κ3) is 4.68. The van der Waals surface area contributed by atoms with Crippen molar-refractivity contribution in [3.63, 3.8) is 0 Å². The van der Waals surface area contributed by atoms with E-state index in [0.717, 1.165) is 0 Å². The summed E-state index contributed by atoms with van der Waals surface area (Å²) in [4.78, 5) is 41.0. The number of amides is 1. The van der Waals surface area contributed by atoms with Crippen LogP contribution < -0.4 is 4.74 Å². The third-order valence-corrected chi connectivity index (χ3v) is 5.44. The number of rotatable bonds is 7. The highest BCUT2D eigenvalue weighted by atomic mass is 16.5. The SMILES string of the molecule is COC(=O)c1ccc(C2/C(=C(\O)c3ccc(OC)cc3O)C(=O)C(=O)N2CCN(C)C)cc1. The molecule has 9 heteroatoms. The average molecular weight is 454 g/mol. The number of phenolic OH excluding ortho intramolecular Hbond substituents is 1. The highest BCUT2D eigenvalue weighted by Gasteiger charge is 2.46. The number of carbonyl (C=O) groups excluding carboxylic acids is 3. The van der Waals surface area contributed by atoms with Crippen LogP contribution in [0, 0.1) is 0 Å². The zero-order valence-corrected chi connectivity index (χ0v) is 18.9. The van der Waals surface area contributed by atoms with Gasteiger partial charge in [-0.3, -0.25) is 9.59 Å². The van der Waals surface area contributed by atoms with Crippen molar-refractivity contribution in [2.45, 2.75) is 6.04 Å². The van der Waals surface area contributed by atoms with E-state index in [-0.39, 0.29) is 23.4 Å². The fourth-order valence-corrected chi connectivity index (χ4v) is 3.67. The Labute approximate surface area is 191 Å². The van der Waals surface area contributed by atoms with Gasteiger partial charge in [-0.2, -0.15) is 0 Å². The first-order valence-corrected chi connectivity index (χ1v) is 10.2. The van der Waals surface area contributed by atoms with E-state index in [1.54, 1.807) is 12.1 Å². The molecule has 0 aliphatic carbocycles. The molecule has 2 aromatic carbocycles. The zero-order chi connectivity index (χ0) is 24.3. The van der Waals surface area contributed by atoms with Gasteiger partial charge >= 0.3 is 5.97 Å². The van der Waals surface area contributed by atoms with Gasteiger partial charge in [0.05, 0.1) is 37.0 Å². The van der Waals surface area contributed by atoms with E-state index in [1.165, 1.54) is 49.5 Å². The first-order chi connectivity index (χ1) is 15.7. The number of hydrogen-bond donors (Lipinski definition) is 2. The van der Waals surface area contributed by atoms with Gasteiger partial charge in [0.25, 0.3) is 11.7 Å². The summed E-state index contributed by atoms with van der Waals surface area (Å²) >= 11 is 0. The maximum absolute atomic E-state index is 13.0. The topological polar surface area (TPSA) is 117 Å². The van der Waals surface area contributed by atoms with Crippen molar-refractivity contribution >= 4 is 23.4 Å². The van der Waals surface area contributed by atoms with Crippen LogP contribution in [0.15, 0.2) is 48.0 Å². The summed E-state index contributed by atoms with van der Waals surface area (Å²) in [6.07, 6.45) is 0. The van der Waals surface area contributed by atoms with Crippen LogP contribution in [-0.4, -0.2) is 79.1 Å². The number of nitrogens with zero attached hydrogens (tertiary/aromatic N) is 2. The number of likely N-dealkylation sites (tertiary alicyclic amines) is 1. The van der Waals surface area contributed by atoms with Crippen molar-refractivity contribution in [1.29, 1.82) is 0 Å². The lowest BCUT2D eigenvalue weighted by molar-refractivity contribution is -0.140. The fraction of sp³-hybridized carbons (Fsp3) is 0.292. The number of carbonyl (C=O) groups is 3. The number of likely N-dealkylation sites (N-methyl/N-ethyl adjacent to an activating group) is 1. The molecule has 9 nitrogen and oxygen atoms in total. The smallest absolute Gasteiger partial charge is 0.337 e. The minimum Gasteiger partial charge on any atom is -0.507 e. The van der Waals surface area contributed by atoms with Gasteiger partial charge in [-0.15, -0.1) is 0 Å². The Bertz CT molecular complexity index is 1110. The second-order valence-electron chi connectivity index (χ2n) is 7.79. The Morgan fingerprint density at radius 2 is 1.76 bits per heavy atom. The number of ketones is 1. The van der Waals surface area contributed by atoms with Gasteiger partial charge in [0.1, 0.15) is 17.3 Å². The molecule has 0 aromatic heterocycles. The summed E-state index contributed by atoms with van der Waals surface area (Å²) in [5.74, 6) is -2.57. The third-order valence-electron chi connectivity index (χ3n) is 5.44. The van der Waals surface area contributed by atoms with E-state index in [0.29, 0.717) is 23.4 Å². The number of ether oxygens (including phenoxy) is 2. The zero-order valence-electron chi connectivity index (χ0n) is 18.9. The van der Waals surface area contributed by atoms with Crippen LogP contribution in [0.2, 0.25) is 0 Å². The minimum atomic E-state index is -0.904. The second-order valence-corrected chi connectivity index (χ2v) is 7.79. The average Bonchev–Trinajstić information content (AvgIpc) is 3.06. The van der Waals surface area contributed by atoms with Gasteiger partial charge in [-0.05, 0) is 43.9 Å². The van der Waals surface area contributed by atoms with E-state index < -0.39 is 29.5 Å². The monoisotopic (exact) mass is 454 g/mol. The fourth-order valence-electron chi connectivity index (χ4n) is 3.67. The Kier molecular flexibility index (Phi) is 7.03. The first kappa shape index (κ1) is 23.8. The number of aromatic hydroxyl groups is 1. The molecule has 1 heterocycles. The largest absolute Gasteiger partial charge is 0.507 e. The van der Waals surface area contributed by atoms with Crippen LogP contribution in [0.4, 0.5) is 0 Å². The molecule has 33 heavy (non-hydrogen) atoms. The maximum atomic E-state index is 13.0. The van der Waals surface area contributed by atoms with E-state index >= 15 is 0 Å². The summed E-state index contributed by atoms with van der Waals surface area (Å²) in [5, 5.41) is 21.4. The minimum absolute atomic E-state index is 0.00223. The molecule has 1 saturated heterocycles. The molecule has 1 atom stereocenters. The van der Waals surface area contributed by atoms with Gasteiger partial charge in [-0.1, -0.05) is 12.1 Å². The second kappa shape index (κ2) is 9.74. The molecule has 1 fully saturated rings. The van der Waals surface area contributed by atoms with Gasteiger partial charge in [0.15, 0.2) is 0 Å². The molecule has 1 aliphatic heterocycles. The quantitative estimate of drug-likeness (QED) is 0.283. The van der Waals surface area contributed by atoms with Crippen molar-refractivity contribution in [3.05, 3.63) is 64.7 Å². The number of phenols is 1. The molecule has 174 valence electrons. The van der Waals surface area contributed by atoms with Crippen molar-refractivity contribution in [2.75, 3.05) is 41.4 Å². The summed E-state index contributed by atoms with van der Waals surface area (Å²) in [6, 6.07) is 9.59. The lowest BCUT2D eigenvalue weighted by Crippen LogP contribution is -2.35. The van der Waals surface area contributed by atoms with Crippen molar-refractivity contribution in [2.24, 2.45) is 0 Å². The van der Waals surface area contributed by atoms with E-state index in [2.05, 4.69) is 0 Å². The Morgan fingerprint density at radius 3 is 2.30 bits per heavy atom. The van der Waals surface area contributed by atoms with Gasteiger partial charge < -0.3 is 29.5 Å². The van der Waals surface area contributed by atoms with Gasteiger partial charge in [0, 0.05) is 19.2 Å². The number of esters is 1. The summed E-state index contributed by atoms with van der Waals surface area (Å²) in [5.41, 5.74) is 0.678. The van der Waals surface area contributed by atoms with Crippen LogP contribution in [0.25, 0.3) is 5.76 Å². The number of hydrogen-bond acceptors (Lipinski definition) is 8. The summed E-state index contributed by atoms with van der Waals surface area (Å²) in [7, 11) is 6.38. The molecule has 0 saturated carbocycles. The standard InChI is InChI=1S/C24H26N2O7/c1-25(2)11-12-26-20(14-5-7-15(8-6-14)24(31)33-4)19(22(29)23(26)30)21(28)17-10-9-16(32-3)13-18(17)27/h5-10,13,20,27-28H,11-12H2,1-4H3/b21-19+. The van der Waals surface area contributed by atoms with E-state index in [9.17, 15) is 24.6 Å². The molecule has 0 bridgehead atoms. The summed E-state index contributed by atoms with van der Waals surface area (Å²) in [6.45, 7) is 0.712. The van der Waals surface area contributed by atoms with Crippen molar-refractivity contribution < 1.29 is 34.1 Å². The summed E-state index contributed by atoms with van der Waals surface area (Å²) < 4.78 is 9.79. The molecular weight excluding hydrogens is 428 g/mol. The predicted molar refractivity (Wildman–Crippen MR) is 120 cm³/mol. The van der Waals surface area contributed by atoms with Gasteiger partial charge in [-0.25, -0.2) is 4.79 Å². The molecule has 1 aliphatic rings. The number of aliphatic hydroxyl groups is 1. The van der Waals surface area contributed by atoms with Crippen LogP contribution in [-0.2, 0) is 14.3 Å². The molecule has 2 aromatic rings. The van der Waals surface area contributed by atoms with Gasteiger partial charge in [0.2, 0.25) is 0 Å². The van der Waals surface area contributed by atoms with Crippen LogP contribution in [0.5, 0.6) is 11.5 Å². The van der Waals surface area contributed by atoms with Crippen LogP contribution in [0.3, 0.4) is 0 Å². The number of methoxy groups -OCH3 is 2. The number of Topliss-reactive ketones (excluding diaryl/α,β-unsaturated/α-hetero) is 1. The Morgan fingerprint density at radius 1 is 1.09 bits per heavy atom. The molecule has 1 unspecified atom stereocenters. The molecule has 0 radical (unpaired) electrons.